The summed E-state index contributed by atoms with van der Waals surface area (Å²) >= 11 is 0. The lowest BCUT2D eigenvalue weighted by molar-refractivity contribution is 0.0729. The second-order valence-electron chi connectivity index (χ2n) is 8.00. The van der Waals surface area contributed by atoms with Crippen molar-refractivity contribution in [3.05, 3.63) is 59.7 Å². The lowest BCUT2D eigenvalue weighted by Crippen LogP contribution is -2.41. The zero-order valence-electron chi connectivity index (χ0n) is 17.8. The van der Waals surface area contributed by atoms with Crippen LogP contribution < -0.4 is 5.32 Å². The maximum atomic E-state index is 14.5. The van der Waals surface area contributed by atoms with Gasteiger partial charge in [0.2, 0.25) is 10.0 Å². The number of hydrogen-bond acceptors (Lipinski definition) is 5. The van der Waals surface area contributed by atoms with Gasteiger partial charge in [0.05, 0.1) is 30.3 Å². The van der Waals surface area contributed by atoms with Crippen LogP contribution in [0.25, 0.3) is 11.0 Å². The quantitative estimate of drug-likeness (QED) is 0.589. The number of imidazole rings is 1. The molecule has 0 spiro atoms. The number of benzene rings is 2. The van der Waals surface area contributed by atoms with E-state index >= 15 is 0 Å². The topological polar surface area (TPSA) is 104 Å². The Kier molecular flexibility index (Phi) is 6.27. The van der Waals surface area contributed by atoms with Crippen LogP contribution >= 0.6 is 0 Å². The number of H-pyrrole nitrogens is 1. The number of morpholine rings is 1. The average Bonchev–Trinajstić information content (AvgIpc) is 3.21. The van der Waals surface area contributed by atoms with Gasteiger partial charge in [0, 0.05) is 18.7 Å². The second kappa shape index (κ2) is 8.97. The first kappa shape index (κ1) is 22.4. The zero-order chi connectivity index (χ0) is 22.9. The lowest BCUT2D eigenvalue weighted by atomic mass is 10.0. The molecule has 0 unspecified atom stereocenters. The van der Waals surface area contributed by atoms with Gasteiger partial charge < -0.3 is 15.0 Å². The Morgan fingerprint density at radius 3 is 2.59 bits per heavy atom. The van der Waals surface area contributed by atoms with E-state index in [1.807, 2.05) is 38.1 Å². The number of sulfonamides is 1. The fraction of sp³-hybridized carbons (Fsp3) is 0.364. The number of nitrogens with one attached hydrogen (secondary N) is 2. The fourth-order valence-electron chi connectivity index (χ4n) is 3.66. The monoisotopic (exact) mass is 460 g/mol. The first-order valence-electron chi connectivity index (χ1n) is 10.4. The highest BCUT2D eigenvalue weighted by Crippen LogP contribution is 2.25. The highest BCUT2D eigenvalue weighted by molar-refractivity contribution is 7.89. The molecule has 8 nitrogen and oxygen atoms in total. The standard InChI is InChI=1S/C22H25FN4O4S/c1-14(2)20(21-24-17-5-3-4-6-18(17)25-21)26-22(28)15-7-8-16(23)19(13-15)32(29,30)27-9-11-31-12-10-27/h3-8,13-14,20H,9-12H2,1-2H3,(H,24,25)(H,26,28)/t20-/m0/s1. The number of carbonyl (C=O) groups excluding carboxylic acids is 1. The van der Waals surface area contributed by atoms with E-state index in [2.05, 4.69) is 15.3 Å². The summed E-state index contributed by atoms with van der Waals surface area (Å²) in [6, 6.07) is 10.5. The summed E-state index contributed by atoms with van der Waals surface area (Å²) in [6.07, 6.45) is 0. The minimum Gasteiger partial charge on any atom is -0.379 e. The van der Waals surface area contributed by atoms with E-state index in [4.69, 9.17) is 4.74 Å². The molecule has 4 rings (SSSR count). The summed E-state index contributed by atoms with van der Waals surface area (Å²) in [6.45, 7) is 4.65. The molecule has 1 aliphatic rings. The van der Waals surface area contributed by atoms with Crippen molar-refractivity contribution in [2.24, 2.45) is 5.92 Å². The van der Waals surface area contributed by atoms with E-state index in [0.717, 1.165) is 23.2 Å². The fourth-order valence-corrected chi connectivity index (χ4v) is 5.16. The molecule has 0 aliphatic carbocycles. The molecule has 10 heteroatoms. The summed E-state index contributed by atoms with van der Waals surface area (Å²) in [5.41, 5.74) is 1.69. The van der Waals surface area contributed by atoms with Gasteiger partial charge in [-0.15, -0.1) is 0 Å². The average molecular weight is 461 g/mol. The molecule has 2 N–H and O–H groups in total. The van der Waals surface area contributed by atoms with E-state index in [-0.39, 0.29) is 37.8 Å². The largest absolute Gasteiger partial charge is 0.379 e. The maximum absolute atomic E-state index is 14.5. The molecule has 0 radical (unpaired) electrons. The summed E-state index contributed by atoms with van der Waals surface area (Å²) in [4.78, 5) is 20.3. The number of aromatic amines is 1. The Bertz CT molecular complexity index is 1200. The van der Waals surface area contributed by atoms with Gasteiger partial charge in [0.25, 0.3) is 5.91 Å². The number of amides is 1. The van der Waals surface area contributed by atoms with Gasteiger partial charge in [0.15, 0.2) is 0 Å². The van der Waals surface area contributed by atoms with E-state index in [1.165, 1.54) is 10.4 Å². The number of nitrogens with zero attached hydrogens (tertiary/aromatic N) is 2. The van der Waals surface area contributed by atoms with Crippen LogP contribution in [0.3, 0.4) is 0 Å². The van der Waals surface area contributed by atoms with Crippen LogP contribution in [0, 0.1) is 11.7 Å². The molecule has 0 bridgehead atoms. The number of aromatic nitrogens is 2. The third-order valence-corrected chi connectivity index (χ3v) is 7.35. The summed E-state index contributed by atoms with van der Waals surface area (Å²) < 4.78 is 46.7. The smallest absolute Gasteiger partial charge is 0.251 e. The van der Waals surface area contributed by atoms with Crippen molar-refractivity contribution in [2.75, 3.05) is 26.3 Å². The molecule has 0 saturated carbocycles. The van der Waals surface area contributed by atoms with Crippen LogP contribution in [0.5, 0.6) is 0 Å². The van der Waals surface area contributed by atoms with Crippen LogP contribution in [0.4, 0.5) is 4.39 Å². The van der Waals surface area contributed by atoms with Crippen LogP contribution in [0.1, 0.15) is 36.1 Å². The Morgan fingerprint density at radius 2 is 1.91 bits per heavy atom. The Labute approximate surface area is 185 Å². The first-order valence-corrected chi connectivity index (χ1v) is 11.8. The Hall–Kier alpha value is -2.82. The van der Waals surface area contributed by atoms with E-state index in [1.54, 1.807) is 0 Å². The highest BCUT2D eigenvalue weighted by atomic mass is 32.2. The van der Waals surface area contributed by atoms with Crippen molar-refractivity contribution in [1.82, 2.24) is 19.6 Å². The third-order valence-electron chi connectivity index (χ3n) is 5.44. The molecule has 1 saturated heterocycles. The predicted molar refractivity (Wildman–Crippen MR) is 117 cm³/mol. The second-order valence-corrected chi connectivity index (χ2v) is 9.90. The summed E-state index contributed by atoms with van der Waals surface area (Å²) in [7, 11) is -4.08. The van der Waals surface area contributed by atoms with E-state index < -0.39 is 32.7 Å². The molecule has 1 aromatic heterocycles. The van der Waals surface area contributed by atoms with Crippen LogP contribution in [-0.2, 0) is 14.8 Å². The molecule has 1 fully saturated rings. The number of hydrogen-bond donors (Lipinski definition) is 2. The molecule has 170 valence electrons. The van der Waals surface area contributed by atoms with Crippen molar-refractivity contribution in [3.63, 3.8) is 0 Å². The Morgan fingerprint density at radius 1 is 1.19 bits per heavy atom. The van der Waals surface area contributed by atoms with E-state index in [0.29, 0.717) is 5.82 Å². The first-order chi connectivity index (χ1) is 15.3. The number of para-hydroxylation sites is 2. The van der Waals surface area contributed by atoms with Gasteiger partial charge in [-0.2, -0.15) is 4.31 Å². The van der Waals surface area contributed by atoms with Gasteiger partial charge in [-0.05, 0) is 36.2 Å². The Balaban J connectivity index is 1.61. The predicted octanol–water partition coefficient (Wildman–Crippen LogP) is 2.85. The SMILES string of the molecule is CC(C)[C@H](NC(=O)c1ccc(F)c(S(=O)(=O)N2CCOCC2)c1)c1nc2ccccc2[nH]1. The molecular weight excluding hydrogens is 435 g/mol. The third kappa shape index (κ3) is 4.38. The number of carbonyl (C=O) groups is 1. The highest BCUT2D eigenvalue weighted by Gasteiger charge is 2.30. The molecular formula is C22H25FN4O4S. The molecule has 2 aromatic carbocycles. The molecule has 3 aromatic rings. The summed E-state index contributed by atoms with van der Waals surface area (Å²) in [5, 5.41) is 2.90. The minimum absolute atomic E-state index is 0.00323. The van der Waals surface area contributed by atoms with Crippen molar-refractivity contribution in [3.8, 4) is 0 Å². The van der Waals surface area contributed by atoms with Crippen molar-refractivity contribution in [1.29, 1.82) is 0 Å². The van der Waals surface area contributed by atoms with Crippen molar-refractivity contribution < 1.29 is 22.3 Å². The van der Waals surface area contributed by atoms with Crippen LogP contribution in [0.15, 0.2) is 47.4 Å². The van der Waals surface area contributed by atoms with Gasteiger partial charge in [-0.25, -0.2) is 17.8 Å². The van der Waals surface area contributed by atoms with Crippen molar-refractivity contribution in [2.45, 2.75) is 24.8 Å². The van der Waals surface area contributed by atoms with Crippen LogP contribution in [0.2, 0.25) is 0 Å². The number of halogens is 1. The molecule has 1 atom stereocenters. The molecule has 32 heavy (non-hydrogen) atoms. The maximum Gasteiger partial charge on any atom is 0.251 e. The number of fused-ring (bicyclic) bond motifs is 1. The van der Waals surface area contributed by atoms with Gasteiger partial charge in [-0.1, -0.05) is 26.0 Å². The lowest BCUT2D eigenvalue weighted by Gasteiger charge is -2.26. The summed E-state index contributed by atoms with van der Waals surface area (Å²) in [5.74, 6) is -0.817. The van der Waals surface area contributed by atoms with Gasteiger partial charge >= 0.3 is 0 Å². The van der Waals surface area contributed by atoms with Crippen LogP contribution in [-0.4, -0.2) is 54.9 Å². The molecule has 1 aliphatic heterocycles. The van der Waals surface area contributed by atoms with Gasteiger partial charge in [0.1, 0.15) is 16.5 Å². The number of ether oxygens (including phenoxy) is 1. The number of rotatable bonds is 6. The molecule has 2 heterocycles. The molecule has 1 amide bonds. The van der Waals surface area contributed by atoms with E-state index in [9.17, 15) is 17.6 Å². The minimum atomic E-state index is -4.08. The van der Waals surface area contributed by atoms with Gasteiger partial charge in [-0.3, -0.25) is 4.79 Å². The van der Waals surface area contributed by atoms with Crippen molar-refractivity contribution >= 4 is 27.0 Å². The normalized spacial score (nSPS) is 16.4. The zero-order valence-corrected chi connectivity index (χ0v) is 18.7.